The molecule has 110 valence electrons. The molecule has 0 spiro atoms. The van der Waals surface area contributed by atoms with Crippen molar-refractivity contribution in [1.29, 1.82) is 0 Å². The molecule has 0 heterocycles. The normalized spacial score (nSPS) is 22.1. The summed E-state index contributed by atoms with van der Waals surface area (Å²) in [5, 5.41) is 8.80. The fourth-order valence-electron chi connectivity index (χ4n) is 2.57. The molecule has 5 nitrogen and oxygen atoms in total. The lowest BCUT2D eigenvalue weighted by Crippen LogP contribution is -2.31. The summed E-state index contributed by atoms with van der Waals surface area (Å²) in [6.07, 6.45) is 4.96. The Labute approximate surface area is 120 Å². The van der Waals surface area contributed by atoms with Crippen molar-refractivity contribution in [1.82, 2.24) is 5.32 Å². The Morgan fingerprint density at radius 3 is 2.55 bits per heavy atom. The summed E-state index contributed by atoms with van der Waals surface area (Å²) in [6, 6.07) is 8.03. The van der Waals surface area contributed by atoms with Crippen LogP contribution in [0, 0.1) is 0 Å². The van der Waals surface area contributed by atoms with E-state index >= 15 is 0 Å². The Hall–Kier alpha value is -1.75. The molecule has 0 aromatic heterocycles. The molecular weight excluding hydrogens is 254 g/mol. The van der Waals surface area contributed by atoms with E-state index in [0.29, 0.717) is 12.1 Å². The zero-order valence-electron chi connectivity index (χ0n) is 12.1. The second kappa shape index (κ2) is 7.14. The van der Waals surface area contributed by atoms with E-state index in [0.717, 1.165) is 24.2 Å². The molecule has 3 N–H and O–H groups in total. The van der Waals surface area contributed by atoms with Crippen molar-refractivity contribution in [3.8, 4) is 0 Å². The lowest BCUT2D eigenvalue weighted by molar-refractivity contribution is 0.0669. The van der Waals surface area contributed by atoms with E-state index in [-0.39, 0.29) is 6.03 Å². The Morgan fingerprint density at radius 2 is 1.90 bits per heavy atom. The van der Waals surface area contributed by atoms with Gasteiger partial charge in [-0.2, -0.15) is 0 Å². The van der Waals surface area contributed by atoms with Gasteiger partial charge in [0.05, 0.1) is 6.10 Å². The van der Waals surface area contributed by atoms with Gasteiger partial charge in [-0.1, -0.05) is 0 Å². The summed E-state index contributed by atoms with van der Waals surface area (Å²) in [5.41, 5.74) is 1.86. The minimum atomic E-state index is -0.207. The third-order valence-corrected chi connectivity index (χ3v) is 3.70. The molecule has 0 bridgehead atoms. The van der Waals surface area contributed by atoms with Gasteiger partial charge < -0.3 is 20.7 Å². The summed E-state index contributed by atoms with van der Waals surface area (Å²) >= 11 is 0. The van der Waals surface area contributed by atoms with Crippen molar-refractivity contribution < 1.29 is 9.53 Å². The van der Waals surface area contributed by atoms with E-state index in [1.54, 1.807) is 14.2 Å². The maximum atomic E-state index is 11.2. The second-order valence-electron chi connectivity index (χ2n) is 5.15. The number of nitrogens with one attached hydrogen (secondary N) is 3. The van der Waals surface area contributed by atoms with E-state index in [1.165, 1.54) is 12.8 Å². The molecule has 2 atom stereocenters. The van der Waals surface area contributed by atoms with Crippen molar-refractivity contribution in [3.05, 3.63) is 24.3 Å². The van der Waals surface area contributed by atoms with Crippen LogP contribution in [0.15, 0.2) is 24.3 Å². The highest BCUT2D eigenvalue weighted by Gasteiger charge is 2.21. The van der Waals surface area contributed by atoms with Gasteiger partial charge in [-0.05, 0) is 49.9 Å². The average molecular weight is 277 g/mol. The second-order valence-corrected chi connectivity index (χ2v) is 5.15. The summed E-state index contributed by atoms with van der Waals surface area (Å²) in [6.45, 7) is 0. The molecule has 2 rings (SSSR count). The highest BCUT2D eigenvalue weighted by molar-refractivity contribution is 5.89. The van der Waals surface area contributed by atoms with Crippen LogP contribution >= 0.6 is 0 Å². The first-order valence-electron chi connectivity index (χ1n) is 7.09. The third-order valence-electron chi connectivity index (χ3n) is 3.70. The molecule has 1 aliphatic rings. The maximum Gasteiger partial charge on any atom is 0.318 e. The minimum absolute atomic E-state index is 0.207. The molecule has 5 heteroatoms. The number of benzene rings is 1. The Bertz CT molecular complexity index is 433. The van der Waals surface area contributed by atoms with Gasteiger partial charge in [0.2, 0.25) is 0 Å². The highest BCUT2D eigenvalue weighted by Crippen LogP contribution is 2.24. The van der Waals surface area contributed by atoms with Gasteiger partial charge in [0.15, 0.2) is 0 Å². The zero-order valence-corrected chi connectivity index (χ0v) is 12.1. The van der Waals surface area contributed by atoms with Crippen LogP contribution < -0.4 is 16.0 Å². The summed E-state index contributed by atoms with van der Waals surface area (Å²) in [5.74, 6) is 0. The number of carbonyl (C=O) groups is 1. The predicted octanol–water partition coefficient (Wildman–Crippen LogP) is 2.81. The van der Waals surface area contributed by atoms with Crippen molar-refractivity contribution in [2.45, 2.75) is 37.8 Å². The van der Waals surface area contributed by atoms with Crippen molar-refractivity contribution in [3.63, 3.8) is 0 Å². The SMILES string of the molecule is CNC(=O)Nc1ccc(NC2CCCC(OC)C2)cc1. The van der Waals surface area contributed by atoms with E-state index in [9.17, 15) is 4.79 Å². The maximum absolute atomic E-state index is 11.2. The van der Waals surface area contributed by atoms with Crippen LogP contribution in [0.3, 0.4) is 0 Å². The molecule has 1 saturated carbocycles. The molecule has 2 amide bonds. The Kier molecular flexibility index (Phi) is 5.24. The first-order valence-corrected chi connectivity index (χ1v) is 7.09. The van der Waals surface area contributed by atoms with Crippen LogP contribution in [-0.4, -0.2) is 32.3 Å². The number of hydrogen-bond acceptors (Lipinski definition) is 3. The fraction of sp³-hybridized carbons (Fsp3) is 0.533. The monoisotopic (exact) mass is 277 g/mol. The highest BCUT2D eigenvalue weighted by atomic mass is 16.5. The van der Waals surface area contributed by atoms with E-state index in [1.807, 2.05) is 24.3 Å². The first-order chi connectivity index (χ1) is 9.71. The molecule has 0 aliphatic heterocycles. The molecule has 0 saturated heterocycles. The lowest BCUT2D eigenvalue weighted by atomic mass is 9.92. The lowest BCUT2D eigenvalue weighted by Gasteiger charge is -2.29. The van der Waals surface area contributed by atoms with Crippen molar-refractivity contribution in [2.75, 3.05) is 24.8 Å². The predicted molar refractivity (Wildman–Crippen MR) is 81.2 cm³/mol. The molecule has 20 heavy (non-hydrogen) atoms. The number of anilines is 2. The number of rotatable bonds is 4. The number of urea groups is 1. The minimum Gasteiger partial charge on any atom is -0.382 e. The third kappa shape index (κ3) is 4.13. The van der Waals surface area contributed by atoms with Crippen LogP contribution in [-0.2, 0) is 4.74 Å². The molecule has 0 radical (unpaired) electrons. The largest absolute Gasteiger partial charge is 0.382 e. The van der Waals surface area contributed by atoms with Crippen LogP contribution in [0.1, 0.15) is 25.7 Å². The van der Waals surface area contributed by atoms with Gasteiger partial charge in [0, 0.05) is 31.6 Å². The van der Waals surface area contributed by atoms with E-state index in [4.69, 9.17) is 4.74 Å². The number of methoxy groups -OCH3 is 1. The van der Waals surface area contributed by atoms with E-state index in [2.05, 4.69) is 16.0 Å². The summed E-state index contributed by atoms with van der Waals surface area (Å²) < 4.78 is 5.44. The van der Waals surface area contributed by atoms with Crippen LogP contribution in [0.4, 0.5) is 16.2 Å². The molecule has 2 unspecified atom stereocenters. The number of ether oxygens (including phenoxy) is 1. The molecule has 1 aliphatic carbocycles. The van der Waals surface area contributed by atoms with E-state index < -0.39 is 0 Å². The van der Waals surface area contributed by atoms with Gasteiger partial charge in [-0.25, -0.2) is 4.79 Å². The van der Waals surface area contributed by atoms with Gasteiger partial charge in [-0.15, -0.1) is 0 Å². The van der Waals surface area contributed by atoms with Gasteiger partial charge in [-0.3, -0.25) is 0 Å². The van der Waals surface area contributed by atoms with Gasteiger partial charge >= 0.3 is 6.03 Å². The number of carbonyl (C=O) groups excluding carboxylic acids is 1. The zero-order chi connectivity index (χ0) is 14.4. The van der Waals surface area contributed by atoms with Crippen LogP contribution in [0.5, 0.6) is 0 Å². The standard InChI is InChI=1S/C15H23N3O2/c1-16-15(19)18-12-8-6-11(7-9-12)17-13-4-3-5-14(10-13)20-2/h6-9,13-14,17H,3-5,10H2,1-2H3,(H2,16,18,19). The average Bonchev–Trinajstić information content (AvgIpc) is 2.49. The quantitative estimate of drug-likeness (QED) is 0.793. The first kappa shape index (κ1) is 14.7. The smallest absolute Gasteiger partial charge is 0.318 e. The molecule has 1 fully saturated rings. The fourth-order valence-corrected chi connectivity index (χ4v) is 2.57. The molecule has 1 aromatic carbocycles. The van der Waals surface area contributed by atoms with Crippen molar-refractivity contribution >= 4 is 17.4 Å². The number of amides is 2. The Morgan fingerprint density at radius 1 is 1.20 bits per heavy atom. The molecular formula is C15H23N3O2. The number of hydrogen-bond donors (Lipinski definition) is 3. The van der Waals surface area contributed by atoms with Gasteiger partial charge in [0.25, 0.3) is 0 Å². The summed E-state index contributed by atoms with van der Waals surface area (Å²) in [7, 11) is 3.38. The summed E-state index contributed by atoms with van der Waals surface area (Å²) in [4.78, 5) is 11.2. The Balaban J connectivity index is 1.88. The van der Waals surface area contributed by atoms with Crippen LogP contribution in [0.2, 0.25) is 0 Å². The molecule has 1 aromatic rings. The topological polar surface area (TPSA) is 62.4 Å². The van der Waals surface area contributed by atoms with Crippen molar-refractivity contribution in [2.24, 2.45) is 0 Å². The van der Waals surface area contributed by atoms with Crippen LogP contribution in [0.25, 0.3) is 0 Å². The van der Waals surface area contributed by atoms with Gasteiger partial charge in [0.1, 0.15) is 0 Å².